The molecule has 1 aliphatic rings. The topological polar surface area (TPSA) is 25.4 Å². The molecule has 0 spiro atoms. The lowest BCUT2D eigenvalue weighted by molar-refractivity contribution is -0.138. The lowest BCUT2D eigenvalue weighted by Crippen LogP contribution is -2.44. The van der Waals surface area contributed by atoms with Crippen molar-refractivity contribution in [1.29, 1.82) is 0 Å². The molecule has 0 saturated carbocycles. The van der Waals surface area contributed by atoms with Crippen molar-refractivity contribution in [3.8, 4) is 0 Å². The van der Waals surface area contributed by atoms with Gasteiger partial charge in [-0.3, -0.25) is 0 Å². The number of aromatic nitrogens is 1. The maximum atomic E-state index is 12.6. The Hall–Kier alpha value is -0.820. The molecule has 0 unspecified atom stereocenters. The molecule has 1 atom stereocenters. The molecule has 100 valence electrons. The summed E-state index contributed by atoms with van der Waals surface area (Å²) in [5.41, 5.74) is -0.757. The van der Waals surface area contributed by atoms with Crippen LogP contribution in [0.4, 0.5) is 19.0 Å². The van der Waals surface area contributed by atoms with E-state index in [1.54, 1.807) is 0 Å². The van der Waals surface area contributed by atoms with E-state index in [9.17, 15) is 13.2 Å². The number of rotatable bonds is 1. The first kappa shape index (κ1) is 13.6. The number of anilines is 1. The maximum Gasteiger partial charge on any atom is 0.419 e. The Morgan fingerprint density at radius 1 is 1.44 bits per heavy atom. The third-order valence-corrected chi connectivity index (χ3v) is 3.41. The van der Waals surface area contributed by atoms with Crippen LogP contribution in [0.25, 0.3) is 0 Å². The van der Waals surface area contributed by atoms with E-state index in [0.717, 1.165) is 6.07 Å². The van der Waals surface area contributed by atoms with Crippen LogP contribution in [0.3, 0.4) is 0 Å². The van der Waals surface area contributed by atoms with Gasteiger partial charge in [0.05, 0.1) is 24.8 Å². The summed E-state index contributed by atoms with van der Waals surface area (Å²) in [6.45, 7) is 3.70. The van der Waals surface area contributed by atoms with Crippen molar-refractivity contribution in [1.82, 2.24) is 4.98 Å². The molecule has 0 N–H and O–H groups in total. The van der Waals surface area contributed by atoms with Gasteiger partial charge in [0, 0.05) is 6.54 Å². The lowest BCUT2D eigenvalue weighted by atomic mass is 10.2. The highest BCUT2D eigenvalue weighted by Crippen LogP contribution is 2.35. The van der Waals surface area contributed by atoms with E-state index in [2.05, 4.69) is 20.9 Å². The van der Waals surface area contributed by atoms with Gasteiger partial charge in [-0.05, 0) is 35.0 Å². The molecule has 1 aromatic rings. The van der Waals surface area contributed by atoms with E-state index < -0.39 is 11.7 Å². The Morgan fingerprint density at radius 3 is 2.72 bits per heavy atom. The fraction of sp³-hybridized carbons (Fsp3) is 0.545. The predicted molar refractivity (Wildman–Crippen MR) is 64.6 cm³/mol. The number of alkyl halides is 3. The van der Waals surface area contributed by atoms with Gasteiger partial charge in [0.1, 0.15) is 10.4 Å². The molecule has 1 aliphatic heterocycles. The van der Waals surface area contributed by atoms with Gasteiger partial charge in [-0.1, -0.05) is 0 Å². The van der Waals surface area contributed by atoms with E-state index >= 15 is 0 Å². The minimum atomic E-state index is -4.39. The third-order valence-electron chi connectivity index (χ3n) is 2.80. The number of ether oxygens (including phenoxy) is 1. The number of pyridine rings is 1. The molecule has 2 heterocycles. The standard InChI is InChI=1S/C11H12BrF3N2O/c1-7-6-18-5-4-17(7)9-3-2-8(10(12)16-9)11(13,14)15/h2-3,7H,4-6H2,1H3/t7-/m1/s1. The maximum absolute atomic E-state index is 12.6. The molecule has 1 aromatic heterocycles. The molecule has 2 rings (SSSR count). The summed E-state index contributed by atoms with van der Waals surface area (Å²) in [4.78, 5) is 5.92. The van der Waals surface area contributed by atoms with Crippen molar-refractivity contribution in [2.45, 2.75) is 19.1 Å². The highest BCUT2D eigenvalue weighted by atomic mass is 79.9. The van der Waals surface area contributed by atoms with Crippen LogP contribution in [0, 0.1) is 0 Å². The van der Waals surface area contributed by atoms with Crippen LogP contribution in [0.5, 0.6) is 0 Å². The van der Waals surface area contributed by atoms with Crippen molar-refractivity contribution in [2.75, 3.05) is 24.7 Å². The zero-order valence-corrected chi connectivity index (χ0v) is 11.3. The van der Waals surface area contributed by atoms with Gasteiger partial charge in [-0.2, -0.15) is 13.2 Å². The Balaban J connectivity index is 2.28. The predicted octanol–water partition coefficient (Wildman–Crippen LogP) is 3.09. The van der Waals surface area contributed by atoms with Crippen LogP contribution in [0.2, 0.25) is 0 Å². The highest BCUT2D eigenvalue weighted by Gasteiger charge is 2.34. The number of nitrogens with zero attached hydrogens (tertiary/aromatic N) is 2. The molecule has 1 fully saturated rings. The van der Waals surface area contributed by atoms with E-state index in [0.29, 0.717) is 25.6 Å². The molecule has 7 heteroatoms. The molecule has 18 heavy (non-hydrogen) atoms. The largest absolute Gasteiger partial charge is 0.419 e. The van der Waals surface area contributed by atoms with Gasteiger partial charge in [-0.25, -0.2) is 4.98 Å². The summed E-state index contributed by atoms with van der Waals surface area (Å²) in [6, 6.07) is 2.55. The first-order valence-corrected chi connectivity index (χ1v) is 6.27. The van der Waals surface area contributed by atoms with Crippen molar-refractivity contribution in [3.05, 3.63) is 22.3 Å². The zero-order valence-electron chi connectivity index (χ0n) is 9.67. The molecular formula is C11H12BrF3N2O. The Kier molecular flexibility index (Phi) is 3.82. The quantitative estimate of drug-likeness (QED) is 0.742. The van der Waals surface area contributed by atoms with Crippen LogP contribution < -0.4 is 4.90 Å². The summed E-state index contributed by atoms with van der Waals surface area (Å²) in [6.07, 6.45) is -4.39. The van der Waals surface area contributed by atoms with E-state index in [4.69, 9.17) is 4.74 Å². The molecule has 0 amide bonds. The van der Waals surface area contributed by atoms with Crippen molar-refractivity contribution in [2.24, 2.45) is 0 Å². The number of halogens is 4. The second-order valence-electron chi connectivity index (χ2n) is 4.12. The minimum absolute atomic E-state index is 0.106. The minimum Gasteiger partial charge on any atom is -0.377 e. The fourth-order valence-electron chi connectivity index (χ4n) is 1.86. The van der Waals surface area contributed by atoms with Gasteiger partial charge >= 0.3 is 6.18 Å². The molecule has 3 nitrogen and oxygen atoms in total. The Bertz CT molecular complexity index is 439. The van der Waals surface area contributed by atoms with Gasteiger partial charge < -0.3 is 9.64 Å². The van der Waals surface area contributed by atoms with Crippen molar-refractivity contribution < 1.29 is 17.9 Å². The molecule has 0 aromatic carbocycles. The first-order valence-electron chi connectivity index (χ1n) is 5.47. The average molecular weight is 325 g/mol. The number of hydrogen-bond donors (Lipinski definition) is 0. The van der Waals surface area contributed by atoms with Gasteiger partial charge in [-0.15, -0.1) is 0 Å². The molecule has 1 saturated heterocycles. The Morgan fingerprint density at radius 2 is 2.17 bits per heavy atom. The van der Waals surface area contributed by atoms with Crippen LogP contribution in [0.1, 0.15) is 12.5 Å². The monoisotopic (exact) mass is 324 g/mol. The average Bonchev–Trinajstić information content (AvgIpc) is 2.27. The normalized spacial score (nSPS) is 21.2. The highest BCUT2D eigenvalue weighted by molar-refractivity contribution is 9.10. The second-order valence-corrected chi connectivity index (χ2v) is 4.87. The van der Waals surface area contributed by atoms with Crippen LogP contribution in [-0.2, 0) is 10.9 Å². The van der Waals surface area contributed by atoms with E-state index in [1.807, 2.05) is 11.8 Å². The lowest BCUT2D eigenvalue weighted by Gasteiger charge is -2.34. The van der Waals surface area contributed by atoms with Crippen LogP contribution in [0.15, 0.2) is 16.7 Å². The fourth-order valence-corrected chi connectivity index (χ4v) is 2.40. The molecule has 0 aliphatic carbocycles. The van der Waals surface area contributed by atoms with Crippen molar-refractivity contribution >= 4 is 21.7 Å². The molecular weight excluding hydrogens is 313 g/mol. The molecule has 0 radical (unpaired) electrons. The summed E-state index contributed by atoms with van der Waals surface area (Å²) in [5.74, 6) is 0.533. The number of morpholine rings is 1. The van der Waals surface area contributed by atoms with Crippen LogP contribution in [-0.4, -0.2) is 30.8 Å². The van der Waals surface area contributed by atoms with E-state index in [-0.39, 0.29) is 10.6 Å². The third kappa shape index (κ3) is 2.77. The molecule has 0 bridgehead atoms. The smallest absolute Gasteiger partial charge is 0.377 e. The SMILES string of the molecule is C[C@@H]1COCCN1c1ccc(C(F)(F)F)c(Br)n1. The summed E-state index contributed by atoms with van der Waals surface area (Å²) >= 11 is 2.88. The summed E-state index contributed by atoms with van der Waals surface area (Å²) in [5, 5.41) is 0. The zero-order chi connectivity index (χ0) is 13.3. The van der Waals surface area contributed by atoms with E-state index in [1.165, 1.54) is 6.07 Å². The van der Waals surface area contributed by atoms with Gasteiger partial charge in [0.2, 0.25) is 0 Å². The van der Waals surface area contributed by atoms with Gasteiger partial charge in [0.25, 0.3) is 0 Å². The van der Waals surface area contributed by atoms with Crippen LogP contribution >= 0.6 is 15.9 Å². The van der Waals surface area contributed by atoms with Gasteiger partial charge in [0.15, 0.2) is 0 Å². The number of hydrogen-bond acceptors (Lipinski definition) is 3. The second kappa shape index (κ2) is 5.05. The summed E-state index contributed by atoms with van der Waals surface area (Å²) < 4.78 is 42.9. The summed E-state index contributed by atoms with van der Waals surface area (Å²) in [7, 11) is 0. The Labute approximate surface area is 111 Å². The van der Waals surface area contributed by atoms with Crippen molar-refractivity contribution in [3.63, 3.8) is 0 Å². The first-order chi connectivity index (χ1) is 8.39.